The lowest BCUT2D eigenvalue weighted by Gasteiger charge is -2.00. The lowest BCUT2D eigenvalue weighted by molar-refractivity contribution is -0.133. The topological polar surface area (TPSA) is 53.1 Å². The molecule has 0 saturated heterocycles. The summed E-state index contributed by atoms with van der Waals surface area (Å²) in [6.45, 7) is 0. The number of nitrogens with one attached hydrogen (secondary N) is 1. The Hall–Kier alpha value is -0.840. The van der Waals surface area contributed by atoms with Crippen LogP contribution >= 0.6 is 35.0 Å². The molecule has 0 aliphatic heterocycles. The summed E-state index contributed by atoms with van der Waals surface area (Å²) >= 11 is 13.2. The van der Waals surface area contributed by atoms with Crippen LogP contribution in [-0.4, -0.2) is 21.8 Å². The SMILES string of the molecule is O=C(O)CSCc1c[nH]c2cc(Cl)c(Cl)cc12. The largest absolute Gasteiger partial charge is 0.481 e. The van der Waals surface area contributed by atoms with Crippen molar-refractivity contribution in [3.8, 4) is 0 Å². The van der Waals surface area contributed by atoms with E-state index in [1.807, 2.05) is 6.20 Å². The second-order valence-electron chi connectivity index (χ2n) is 3.51. The number of aromatic amines is 1. The molecule has 2 rings (SSSR count). The molecular formula is C11H9Cl2NO2S. The van der Waals surface area contributed by atoms with E-state index in [2.05, 4.69) is 4.98 Å². The molecule has 0 bridgehead atoms. The summed E-state index contributed by atoms with van der Waals surface area (Å²) in [5.41, 5.74) is 1.94. The highest BCUT2D eigenvalue weighted by atomic mass is 35.5. The number of carbonyl (C=O) groups is 1. The quantitative estimate of drug-likeness (QED) is 0.900. The Bertz CT molecular complexity index is 568. The van der Waals surface area contributed by atoms with E-state index < -0.39 is 5.97 Å². The van der Waals surface area contributed by atoms with Gasteiger partial charge in [0.05, 0.1) is 15.8 Å². The lowest BCUT2D eigenvalue weighted by atomic mass is 10.2. The molecule has 0 saturated carbocycles. The summed E-state index contributed by atoms with van der Waals surface area (Å²) in [5.74, 6) is -0.0888. The molecule has 1 aromatic carbocycles. The molecule has 2 aromatic rings. The first-order chi connectivity index (χ1) is 8.08. The maximum atomic E-state index is 10.4. The van der Waals surface area contributed by atoms with E-state index in [0.717, 1.165) is 16.5 Å². The van der Waals surface area contributed by atoms with Crippen molar-refractivity contribution >= 4 is 51.8 Å². The first kappa shape index (κ1) is 12.6. The van der Waals surface area contributed by atoms with Gasteiger partial charge in [-0.2, -0.15) is 0 Å². The van der Waals surface area contributed by atoms with Crippen molar-refractivity contribution in [1.82, 2.24) is 4.98 Å². The van der Waals surface area contributed by atoms with Gasteiger partial charge >= 0.3 is 5.97 Å². The highest BCUT2D eigenvalue weighted by Gasteiger charge is 2.08. The number of H-pyrrole nitrogens is 1. The number of benzene rings is 1. The number of halogens is 2. The van der Waals surface area contributed by atoms with Crippen molar-refractivity contribution < 1.29 is 9.90 Å². The van der Waals surface area contributed by atoms with E-state index in [4.69, 9.17) is 28.3 Å². The number of hydrogen-bond acceptors (Lipinski definition) is 2. The zero-order chi connectivity index (χ0) is 12.4. The molecule has 0 radical (unpaired) electrons. The van der Waals surface area contributed by atoms with Gasteiger partial charge in [-0.3, -0.25) is 4.79 Å². The Morgan fingerprint density at radius 2 is 2.06 bits per heavy atom. The second kappa shape index (κ2) is 5.21. The normalized spacial score (nSPS) is 10.9. The first-order valence-electron chi connectivity index (χ1n) is 4.82. The molecule has 17 heavy (non-hydrogen) atoms. The van der Waals surface area contributed by atoms with Crippen LogP contribution < -0.4 is 0 Å². The van der Waals surface area contributed by atoms with Gasteiger partial charge in [0.25, 0.3) is 0 Å². The number of thioether (sulfide) groups is 1. The molecule has 2 N–H and O–H groups in total. The van der Waals surface area contributed by atoms with Crippen LogP contribution in [0.2, 0.25) is 10.0 Å². The van der Waals surface area contributed by atoms with E-state index >= 15 is 0 Å². The number of rotatable bonds is 4. The van der Waals surface area contributed by atoms with Crippen LogP contribution in [0.25, 0.3) is 10.9 Å². The number of carboxylic acids is 1. The highest BCUT2D eigenvalue weighted by molar-refractivity contribution is 7.99. The Balaban J connectivity index is 2.23. The molecular weight excluding hydrogens is 281 g/mol. The van der Waals surface area contributed by atoms with Crippen LogP contribution in [0.3, 0.4) is 0 Å². The summed E-state index contributed by atoms with van der Waals surface area (Å²) in [6.07, 6.45) is 1.85. The van der Waals surface area contributed by atoms with Gasteiger partial charge in [0.2, 0.25) is 0 Å². The lowest BCUT2D eigenvalue weighted by Crippen LogP contribution is -1.97. The number of hydrogen-bond donors (Lipinski definition) is 2. The zero-order valence-electron chi connectivity index (χ0n) is 8.67. The van der Waals surface area contributed by atoms with Crippen LogP contribution in [0.1, 0.15) is 5.56 Å². The van der Waals surface area contributed by atoms with Gasteiger partial charge in [0.1, 0.15) is 0 Å². The number of aliphatic carboxylic acids is 1. The van der Waals surface area contributed by atoms with Crippen molar-refractivity contribution in [2.75, 3.05) is 5.75 Å². The van der Waals surface area contributed by atoms with Gasteiger partial charge in [0.15, 0.2) is 0 Å². The molecule has 3 nitrogen and oxygen atoms in total. The van der Waals surface area contributed by atoms with Crippen molar-refractivity contribution in [2.24, 2.45) is 0 Å². The smallest absolute Gasteiger partial charge is 0.313 e. The van der Waals surface area contributed by atoms with E-state index in [9.17, 15) is 4.79 Å². The van der Waals surface area contributed by atoms with Crippen LogP contribution in [0.15, 0.2) is 18.3 Å². The third-order valence-electron chi connectivity index (χ3n) is 2.29. The van der Waals surface area contributed by atoms with E-state index in [1.54, 1.807) is 12.1 Å². The van der Waals surface area contributed by atoms with Crippen molar-refractivity contribution in [2.45, 2.75) is 5.75 Å². The van der Waals surface area contributed by atoms with Gasteiger partial charge in [-0.15, -0.1) is 11.8 Å². The van der Waals surface area contributed by atoms with Crippen LogP contribution in [0.5, 0.6) is 0 Å². The maximum Gasteiger partial charge on any atom is 0.313 e. The van der Waals surface area contributed by atoms with Crippen molar-refractivity contribution in [3.05, 3.63) is 33.9 Å². The van der Waals surface area contributed by atoms with Gasteiger partial charge in [-0.1, -0.05) is 23.2 Å². The second-order valence-corrected chi connectivity index (χ2v) is 5.31. The van der Waals surface area contributed by atoms with E-state index in [0.29, 0.717) is 15.8 Å². The fourth-order valence-electron chi connectivity index (χ4n) is 1.54. The molecule has 0 aliphatic carbocycles. The van der Waals surface area contributed by atoms with Crippen LogP contribution in [-0.2, 0) is 10.5 Å². The summed E-state index contributed by atoms with van der Waals surface area (Å²) in [6, 6.07) is 3.57. The molecule has 0 spiro atoms. The molecule has 0 atom stereocenters. The Kier molecular flexibility index (Phi) is 3.86. The molecule has 90 valence electrons. The zero-order valence-corrected chi connectivity index (χ0v) is 11.0. The Morgan fingerprint density at radius 1 is 1.35 bits per heavy atom. The highest BCUT2D eigenvalue weighted by Crippen LogP contribution is 2.30. The first-order valence-corrected chi connectivity index (χ1v) is 6.73. The molecule has 0 fully saturated rings. The summed E-state index contributed by atoms with van der Waals surface area (Å²) in [5, 5.41) is 10.6. The van der Waals surface area contributed by atoms with Crippen molar-refractivity contribution in [3.63, 3.8) is 0 Å². The summed E-state index contributed by atoms with van der Waals surface area (Å²) in [4.78, 5) is 13.5. The number of fused-ring (bicyclic) bond motifs is 1. The third kappa shape index (κ3) is 2.89. The predicted octanol–water partition coefficient (Wildman–Crippen LogP) is 3.79. The van der Waals surface area contributed by atoms with Gasteiger partial charge in [-0.05, 0) is 17.7 Å². The van der Waals surface area contributed by atoms with Gasteiger partial charge < -0.3 is 10.1 Å². The minimum atomic E-state index is -0.809. The molecule has 0 aliphatic rings. The average molecular weight is 290 g/mol. The van der Waals surface area contributed by atoms with Gasteiger partial charge in [0, 0.05) is 22.9 Å². The standard InChI is InChI=1S/C11H9Cl2NO2S/c12-8-1-7-6(4-17-5-11(15)16)3-14-10(7)2-9(8)13/h1-3,14H,4-5H2,(H,15,16). The number of aromatic nitrogens is 1. The van der Waals surface area contributed by atoms with E-state index in [-0.39, 0.29) is 5.75 Å². The van der Waals surface area contributed by atoms with Gasteiger partial charge in [-0.25, -0.2) is 0 Å². The predicted molar refractivity (Wildman–Crippen MR) is 72.1 cm³/mol. The minimum Gasteiger partial charge on any atom is -0.481 e. The molecule has 1 aromatic heterocycles. The fraction of sp³-hybridized carbons (Fsp3) is 0.182. The summed E-state index contributed by atoms with van der Waals surface area (Å²) < 4.78 is 0. The molecule has 6 heteroatoms. The number of carboxylic acid groups (broad SMARTS) is 1. The molecule has 1 heterocycles. The third-order valence-corrected chi connectivity index (χ3v) is 3.98. The maximum absolute atomic E-state index is 10.4. The molecule has 0 unspecified atom stereocenters. The monoisotopic (exact) mass is 289 g/mol. The summed E-state index contributed by atoms with van der Waals surface area (Å²) in [7, 11) is 0. The minimum absolute atomic E-state index is 0.0913. The average Bonchev–Trinajstić information content (AvgIpc) is 2.62. The Morgan fingerprint density at radius 3 is 2.76 bits per heavy atom. The van der Waals surface area contributed by atoms with E-state index in [1.165, 1.54) is 11.8 Å². The fourth-order valence-corrected chi connectivity index (χ4v) is 2.61. The van der Waals surface area contributed by atoms with Crippen LogP contribution in [0, 0.1) is 0 Å². The molecule has 0 amide bonds. The van der Waals surface area contributed by atoms with Crippen molar-refractivity contribution in [1.29, 1.82) is 0 Å². The van der Waals surface area contributed by atoms with Crippen LogP contribution in [0.4, 0.5) is 0 Å². The Labute approximate surface area is 112 Å².